The molecule has 3 rings (SSSR count). The minimum Gasteiger partial charge on any atom is -0.493 e. The van der Waals surface area contributed by atoms with E-state index in [0.717, 1.165) is 44.5 Å². The highest BCUT2D eigenvalue weighted by atomic mass is 16.5. The van der Waals surface area contributed by atoms with Crippen LogP contribution >= 0.6 is 0 Å². The van der Waals surface area contributed by atoms with E-state index in [1.165, 1.54) is 24.0 Å². The molecule has 0 radical (unpaired) electrons. The summed E-state index contributed by atoms with van der Waals surface area (Å²) in [7, 11) is 0. The quantitative estimate of drug-likeness (QED) is 0.892. The van der Waals surface area contributed by atoms with Crippen molar-refractivity contribution in [1.29, 1.82) is 0 Å². The van der Waals surface area contributed by atoms with Crippen molar-refractivity contribution in [3.63, 3.8) is 0 Å². The molecule has 1 aromatic carbocycles. The summed E-state index contributed by atoms with van der Waals surface area (Å²) in [6, 6.07) is 6.44. The third kappa shape index (κ3) is 2.82. The Balaban J connectivity index is 1.66. The van der Waals surface area contributed by atoms with Crippen LogP contribution in [-0.2, 0) is 17.6 Å². The van der Waals surface area contributed by atoms with Crippen molar-refractivity contribution in [2.75, 3.05) is 6.61 Å². The fraction of sp³-hybridized carbons (Fsp3) is 0.588. The lowest BCUT2D eigenvalue weighted by Gasteiger charge is -2.27. The van der Waals surface area contributed by atoms with Gasteiger partial charge in [0.1, 0.15) is 5.75 Å². The Morgan fingerprint density at radius 2 is 2.10 bits per heavy atom. The number of aliphatic carboxylic acids is 1. The Morgan fingerprint density at radius 1 is 1.30 bits per heavy atom. The minimum absolute atomic E-state index is 0.0430. The van der Waals surface area contributed by atoms with Crippen LogP contribution in [0.1, 0.15) is 49.7 Å². The lowest BCUT2D eigenvalue weighted by atomic mass is 9.77. The van der Waals surface area contributed by atoms with Crippen molar-refractivity contribution in [2.24, 2.45) is 5.41 Å². The van der Waals surface area contributed by atoms with E-state index in [4.69, 9.17) is 9.84 Å². The lowest BCUT2D eigenvalue weighted by molar-refractivity contribution is -0.139. The summed E-state index contributed by atoms with van der Waals surface area (Å²) in [5.74, 6) is 0.379. The molecule has 1 heterocycles. The van der Waals surface area contributed by atoms with Crippen LogP contribution in [-0.4, -0.2) is 17.7 Å². The first-order valence-corrected chi connectivity index (χ1v) is 7.63. The first kappa shape index (κ1) is 13.5. The van der Waals surface area contributed by atoms with Gasteiger partial charge in [-0.2, -0.15) is 0 Å². The first-order valence-electron chi connectivity index (χ1n) is 7.63. The van der Waals surface area contributed by atoms with Crippen molar-refractivity contribution in [1.82, 2.24) is 0 Å². The van der Waals surface area contributed by atoms with Crippen LogP contribution < -0.4 is 4.74 Å². The fourth-order valence-electron chi connectivity index (χ4n) is 3.77. The molecule has 1 aliphatic carbocycles. The maximum absolute atomic E-state index is 11.1. The van der Waals surface area contributed by atoms with Gasteiger partial charge < -0.3 is 9.84 Å². The molecule has 20 heavy (non-hydrogen) atoms. The molecule has 1 aromatic rings. The number of carboxylic acids is 1. The van der Waals surface area contributed by atoms with E-state index in [1.54, 1.807) is 0 Å². The summed E-state index contributed by atoms with van der Waals surface area (Å²) in [5.41, 5.74) is 2.67. The van der Waals surface area contributed by atoms with Gasteiger partial charge in [-0.3, -0.25) is 4.79 Å². The highest BCUT2D eigenvalue weighted by Gasteiger charge is 2.35. The maximum atomic E-state index is 11.1. The number of benzene rings is 1. The molecule has 0 amide bonds. The number of hydrogen-bond donors (Lipinski definition) is 1. The second-order valence-corrected chi connectivity index (χ2v) is 6.32. The molecular weight excluding hydrogens is 252 g/mol. The first-order chi connectivity index (χ1) is 9.67. The largest absolute Gasteiger partial charge is 0.493 e. The van der Waals surface area contributed by atoms with Gasteiger partial charge in [0.05, 0.1) is 13.0 Å². The molecule has 1 saturated carbocycles. The Bertz CT molecular complexity index is 501. The average molecular weight is 274 g/mol. The SMILES string of the molecule is O=C(O)CC1(CCc2ccc3c(c2)CCO3)CCCC1. The van der Waals surface area contributed by atoms with Crippen LogP contribution in [0.2, 0.25) is 0 Å². The predicted octanol–water partition coefficient (Wildman–Crippen LogP) is 3.59. The standard InChI is InChI=1S/C17H22O3/c18-16(19)12-17(7-1-2-8-17)9-5-13-3-4-15-14(11-13)6-10-20-15/h3-4,11H,1-2,5-10,12H2,(H,18,19). The van der Waals surface area contributed by atoms with Crippen LogP contribution in [0.15, 0.2) is 18.2 Å². The lowest BCUT2D eigenvalue weighted by Crippen LogP contribution is -2.21. The van der Waals surface area contributed by atoms with Crippen molar-refractivity contribution in [2.45, 2.75) is 51.4 Å². The van der Waals surface area contributed by atoms with Crippen LogP contribution in [0.25, 0.3) is 0 Å². The van der Waals surface area contributed by atoms with E-state index in [1.807, 2.05) is 0 Å². The van der Waals surface area contributed by atoms with Gasteiger partial charge in [-0.15, -0.1) is 0 Å². The molecule has 0 unspecified atom stereocenters. The summed E-state index contributed by atoms with van der Waals surface area (Å²) in [5, 5.41) is 9.15. The van der Waals surface area contributed by atoms with Crippen LogP contribution in [0.5, 0.6) is 5.75 Å². The molecule has 1 aliphatic heterocycles. The number of carbonyl (C=O) groups is 1. The zero-order chi connectivity index (χ0) is 14.0. The number of ether oxygens (including phenoxy) is 1. The van der Waals surface area contributed by atoms with Crippen molar-refractivity contribution >= 4 is 5.97 Å². The number of aryl methyl sites for hydroxylation is 1. The van der Waals surface area contributed by atoms with Gasteiger partial charge in [-0.1, -0.05) is 25.0 Å². The van der Waals surface area contributed by atoms with Gasteiger partial charge in [0.25, 0.3) is 0 Å². The summed E-state index contributed by atoms with van der Waals surface area (Å²) >= 11 is 0. The minimum atomic E-state index is -0.644. The molecule has 3 heteroatoms. The summed E-state index contributed by atoms with van der Waals surface area (Å²) in [6.07, 6.45) is 7.85. The average Bonchev–Trinajstić information content (AvgIpc) is 3.04. The van der Waals surface area contributed by atoms with E-state index in [0.29, 0.717) is 6.42 Å². The van der Waals surface area contributed by atoms with Crippen LogP contribution in [0.4, 0.5) is 0 Å². The molecule has 2 aliphatic rings. The maximum Gasteiger partial charge on any atom is 0.303 e. The Labute approximate surface area is 120 Å². The van der Waals surface area contributed by atoms with Gasteiger partial charge in [0.15, 0.2) is 0 Å². The van der Waals surface area contributed by atoms with E-state index >= 15 is 0 Å². The van der Waals surface area contributed by atoms with E-state index < -0.39 is 5.97 Å². The van der Waals surface area contributed by atoms with Crippen molar-refractivity contribution in [3.8, 4) is 5.75 Å². The van der Waals surface area contributed by atoms with Gasteiger partial charge in [0, 0.05) is 6.42 Å². The van der Waals surface area contributed by atoms with Gasteiger partial charge in [-0.25, -0.2) is 0 Å². The highest BCUT2D eigenvalue weighted by Crippen LogP contribution is 2.45. The van der Waals surface area contributed by atoms with Crippen molar-refractivity contribution in [3.05, 3.63) is 29.3 Å². The molecule has 0 atom stereocenters. The van der Waals surface area contributed by atoms with Gasteiger partial charge in [0.2, 0.25) is 0 Å². The number of rotatable bonds is 5. The molecule has 0 aromatic heterocycles. The second-order valence-electron chi connectivity index (χ2n) is 6.32. The summed E-state index contributed by atoms with van der Waals surface area (Å²) in [4.78, 5) is 11.1. The normalized spacial score (nSPS) is 19.6. The van der Waals surface area contributed by atoms with E-state index in [2.05, 4.69) is 18.2 Å². The van der Waals surface area contributed by atoms with E-state index in [9.17, 15) is 4.79 Å². The third-order valence-corrected chi connectivity index (χ3v) is 4.89. The van der Waals surface area contributed by atoms with Crippen LogP contribution in [0.3, 0.4) is 0 Å². The molecule has 0 spiro atoms. The molecule has 1 N–H and O–H groups in total. The Kier molecular flexibility index (Phi) is 3.68. The molecule has 0 bridgehead atoms. The van der Waals surface area contributed by atoms with E-state index in [-0.39, 0.29) is 5.41 Å². The molecule has 0 saturated heterocycles. The van der Waals surface area contributed by atoms with Crippen LogP contribution in [0, 0.1) is 5.41 Å². The predicted molar refractivity (Wildman–Crippen MR) is 77.1 cm³/mol. The Morgan fingerprint density at radius 3 is 2.85 bits per heavy atom. The molecular formula is C17H22O3. The number of hydrogen-bond acceptors (Lipinski definition) is 2. The molecule has 108 valence electrons. The van der Waals surface area contributed by atoms with Gasteiger partial charge >= 0.3 is 5.97 Å². The zero-order valence-corrected chi connectivity index (χ0v) is 11.9. The highest BCUT2D eigenvalue weighted by molar-refractivity contribution is 5.67. The fourth-order valence-corrected chi connectivity index (χ4v) is 3.77. The zero-order valence-electron chi connectivity index (χ0n) is 11.9. The topological polar surface area (TPSA) is 46.5 Å². The summed E-state index contributed by atoms with van der Waals surface area (Å²) in [6.45, 7) is 0.793. The second kappa shape index (κ2) is 5.47. The third-order valence-electron chi connectivity index (χ3n) is 4.89. The molecule has 1 fully saturated rings. The number of carboxylic acid groups (broad SMARTS) is 1. The van der Waals surface area contributed by atoms with Gasteiger partial charge in [-0.05, 0) is 48.3 Å². The Hall–Kier alpha value is -1.51. The molecule has 3 nitrogen and oxygen atoms in total. The monoisotopic (exact) mass is 274 g/mol. The van der Waals surface area contributed by atoms with Crippen molar-refractivity contribution < 1.29 is 14.6 Å². The summed E-state index contributed by atoms with van der Waals surface area (Å²) < 4.78 is 5.53. The smallest absolute Gasteiger partial charge is 0.303 e. The number of fused-ring (bicyclic) bond motifs is 1.